The van der Waals surface area contributed by atoms with Crippen molar-refractivity contribution in [2.24, 2.45) is 0 Å². The SMILES string of the molecule is CCCCCCCCCCOc1cnc(-c2ccc(C(C)OCCCCCC)cc2)nc1. The maximum atomic E-state index is 5.97. The van der Waals surface area contributed by atoms with Gasteiger partial charge in [-0.2, -0.15) is 0 Å². The van der Waals surface area contributed by atoms with Crippen LogP contribution in [0.1, 0.15) is 109 Å². The monoisotopic (exact) mass is 440 g/mol. The van der Waals surface area contributed by atoms with Gasteiger partial charge in [0.2, 0.25) is 0 Å². The van der Waals surface area contributed by atoms with Crippen LogP contribution in [0.2, 0.25) is 0 Å². The minimum absolute atomic E-state index is 0.110. The third kappa shape index (κ3) is 10.6. The number of ether oxygens (including phenoxy) is 2. The van der Waals surface area contributed by atoms with E-state index in [4.69, 9.17) is 9.47 Å². The van der Waals surface area contributed by atoms with Crippen molar-refractivity contribution in [2.75, 3.05) is 13.2 Å². The summed E-state index contributed by atoms with van der Waals surface area (Å²) >= 11 is 0. The summed E-state index contributed by atoms with van der Waals surface area (Å²) in [5.41, 5.74) is 2.20. The maximum absolute atomic E-state index is 5.97. The summed E-state index contributed by atoms with van der Waals surface area (Å²) in [6.07, 6.45) is 19.0. The highest BCUT2D eigenvalue weighted by Crippen LogP contribution is 2.22. The van der Waals surface area contributed by atoms with Gasteiger partial charge in [0.05, 0.1) is 25.1 Å². The molecule has 1 heterocycles. The molecule has 1 atom stereocenters. The van der Waals surface area contributed by atoms with Gasteiger partial charge < -0.3 is 9.47 Å². The van der Waals surface area contributed by atoms with Crippen LogP contribution in [0.15, 0.2) is 36.7 Å². The smallest absolute Gasteiger partial charge is 0.159 e. The summed E-state index contributed by atoms with van der Waals surface area (Å²) in [6, 6.07) is 8.37. The largest absolute Gasteiger partial charge is 0.490 e. The molecule has 0 N–H and O–H groups in total. The zero-order valence-electron chi connectivity index (χ0n) is 20.7. The number of hydrogen-bond donors (Lipinski definition) is 0. The van der Waals surface area contributed by atoms with E-state index in [2.05, 4.69) is 55.0 Å². The lowest BCUT2D eigenvalue weighted by atomic mass is 10.1. The second-order valence-corrected chi connectivity index (χ2v) is 8.76. The molecule has 32 heavy (non-hydrogen) atoms. The van der Waals surface area contributed by atoms with Crippen molar-refractivity contribution in [3.63, 3.8) is 0 Å². The molecule has 4 heteroatoms. The van der Waals surface area contributed by atoms with Gasteiger partial charge in [-0.3, -0.25) is 0 Å². The van der Waals surface area contributed by atoms with E-state index in [0.29, 0.717) is 0 Å². The quantitative estimate of drug-likeness (QED) is 0.219. The summed E-state index contributed by atoms with van der Waals surface area (Å²) in [4.78, 5) is 8.98. The van der Waals surface area contributed by atoms with Crippen LogP contribution in [-0.4, -0.2) is 23.2 Å². The van der Waals surface area contributed by atoms with Crippen molar-refractivity contribution < 1.29 is 9.47 Å². The molecule has 2 rings (SSSR count). The molecule has 0 saturated heterocycles. The molecule has 0 aliphatic heterocycles. The predicted octanol–water partition coefficient (Wildman–Crippen LogP) is 8.32. The van der Waals surface area contributed by atoms with Crippen LogP contribution < -0.4 is 4.74 Å². The molecule has 0 aliphatic rings. The number of benzene rings is 1. The maximum Gasteiger partial charge on any atom is 0.159 e. The van der Waals surface area contributed by atoms with Gasteiger partial charge in [0.15, 0.2) is 11.6 Å². The van der Waals surface area contributed by atoms with E-state index in [-0.39, 0.29) is 6.10 Å². The van der Waals surface area contributed by atoms with E-state index in [1.54, 1.807) is 12.4 Å². The number of unbranched alkanes of at least 4 members (excludes halogenated alkanes) is 10. The van der Waals surface area contributed by atoms with Crippen molar-refractivity contribution in [2.45, 2.75) is 104 Å². The fourth-order valence-corrected chi connectivity index (χ4v) is 3.75. The summed E-state index contributed by atoms with van der Waals surface area (Å²) in [5.74, 6) is 1.47. The van der Waals surface area contributed by atoms with E-state index in [0.717, 1.165) is 43.2 Å². The van der Waals surface area contributed by atoms with E-state index in [1.807, 2.05) is 0 Å². The Morgan fingerprint density at radius 1 is 0.688 bits per heavy atom. The lowest BCUT2D eigenvalue weighted by Crippen LogP contribution is -2.02. The Balaban J connectivity index is 1.67. The van der Waals surface area contributed by atoms with Gasteiger partial charge in [0.25, 0.3) is 0 Å². The lowest BCUT2D eigenvalue weighted by molar-refractivity contribution is 0.0628. The fraction of sp³-hybridized carbons (Fsp3) is 0.643. The van der Waals surface area contributed by atoms with Crippen molar-refractivity contribution in [1.82, 2.24) is 9.97 Å². The van der Waals surface area contributed by atoms with Crippen LogP contribution in [0, 0.1) is 0 Å². The molecule has 0 aliphatic carbocycles. The minimum atomic E-state index is 0.110. The molecule has 1 unspecified atom stereocenters. The number of rotatable bonds is 18. The molecule has 0 fully saturated rings. The summed E-state index contributed by atoms with van der Waals surface area (Å²) in [7, 11) is 0. The Hall–Kier alpha value is -1.94. The molecule has 0 radical (unpaired) electrons. The van der Waals surface area contributed by atoms with Crippen LogP contribution in [0.5, 0.6) is 5.75 Å². The fourth-order valence-electron chi connectivity index (χ4n) is 3.75. The molecule has 0 saturated carbocycles. The lowest BCUT2D eigenvalue weighted by Gasteiger charge is -2.14. The van der Waals surface area contributed by atoms with Gasteiger partial charge >= 0.3 is 0 Å². The molecule has 1 aromatic carbocycles. The highest BCUT2D eigenvalue weighted by atomic mass is 16.5. The Morgan fingerprint density at radius 3 is 1.84 bits per heavy atom. The molecular formula is C28H44N2O2. The average Bonchev–Trinajstić information content (AvgIpc) is 2.83. The van der Waals surface area contributed by atoms with E-state index in [1.165, 1.54) is 69.8 Å². The zero-order chi connectivity index (χ0) is 22.9. The Morgan fingerprint density at radius 2 is 1.22 bits per heavy atom. The molecule has 1 aromatic heterocycles. The normalized spacial score (nSPS) is 12.1. The Labute approximate surface area is 196 Å². The second-order valence-electron chi connectivity index (χ2n) is 8.76. The summed E-state index contributed by atoms with van der Waals surface area (Å²) < 4.78 is 11.8. The van der Waals surface area contributed by atoms with Crippen molar-refractivity contribution >= 4 is 0 Å². The highest BCUT2D eigenvalue weighted by Gasteiger charge is 2.08. The summed E-state index contributed by atoms with van der Waals surface area (Å²) in [5, 5.41) is 0. The third-order valence-electron chi connectivity index (χ3n) is 5.90. The molecule has 0 bridgehead atoms. The Bertz CT molecular complexity index is 700. The van der Waals surface area contributed by atoms with E-state index < -0.39 is 0 Å². The number of nitrogens with zero attached hydrogens (tertiary/aromatic N) is 2. The second kappa shape index (κ2) is 16.7. The minimum Gasteiger partial charge on any atom is -0.490 e. The first-order valence-electron chi connectivity index (χ1n) is 12.9. The standard InChI is InChI=1S/C28H44N2O2/c1-4-6-8-10-11-12-13-15-21-32-27-22-29-28(30-23-27)26-18-16-25(17-19-26)24(3)31-20-14-9-7-5-2/h16-19,22-24H,4-15,20-21H2,1-3H3. The van der Waals surface area contributed by atoms with Gasteiger partial charge in [-0.05, 0) is 25.3 Å². The number of hydrogen-bond acceptors (Lipinski definition) is 4. The topological polar surface area (TPSA) is 44.2 Å². The Kier molecular flexibility index (Phi) is 13.7. The van der Waals surface area contributed by atoms with Crippen LogP contribution in [0.25, 0.3) is 11.4 Å². The third-order valence-corrected chi connectivity index (χ3v) is 5.90. The van der Waals surface area contributed by atoms with Gasteiger partial charge in [-0.1, -0.05) is 102 Å². The van der Waals surface area contributed by atoms with Gasteiger partial charge in [-0.25, -0.2) is 9.97 Å². The van der Waals surface area contributed by atoms with Gasteiger partial charge in [-0.15, -0.1) is 0 Å². The summed E-state index contributed by atoms with van der Waals surface area (Å²) in [6.45, 7) is 8.17. The average molecular weight is 441 g/mol. The van der Waals surface area contributed by atoms with Crippen LogP contribution >= 0.6 is 0 Å². The molecule has 0 amide bonds. The number of aromatic nitrogens is 2. The molecular weight excluding hydrogens is 396 g/mol. The van der Waals surface area contributed by atoms with Crippen LogP contribution in [0.4, 0.5) is 0 Å². The van der Waals surface area contributed by atoms with Crippen molar-refractivity contribution in [3.8, 4) is 17.1 Å². The van der Waals surface area contributed by atoms with Gasteiger partial charge in [0, 0.05) is 12.2 Å². The predicted molar refractivity (Wildman–Crippen MR) is 134 cm³/mol. The van der Waals surface area contributed by atoms with Crippen molar-refractivity contribution in [1.29, 1.82) is 0 Å². The van der Waals surface area contributed by atoms with Gasteiger partial charge in [0.1, 0.15) is 0 Å². The first kappa shape index (κ1) is 26.3. The highest BCUT2D eigenvalue weighted by molar-refractivity contribution is 5.55. The van der Waals surface area contributed by atoms with E-state index in [9.17, 15) is 0 Å². The van der Waals surface area contributed by atoms with Crippen molar-refractivity contribution in [3.05, 3.63) is 42.2 Å². The molecule has 178 valence electrons. The van der Waals surface area contributed by atoms with Crippen LogP contribution in [0.3, 0.4) is 0 Å². The molecule has 2 aromatic rings. The van der Waals surface area contributed by atoms with E-state index >= 15 is 0 Å². The van der Waals surface area contributed by atoms with Crippen LogP contribution in [-0.2, 0) is 4.74 Å². The first-order valence-corrected chi connectivity index (χ1v) is 12.9. The molecule has 4 nitrogen and oxygen atoms in total. The first-order chi connectivity index (χ1) is 15.7. The zero-order valence-corrected chi connectivity index (χ0v) is 20.7. The molecule has 0 spiro atoms.